The zero-order valence-electron chi connectivity index (χ0n) is 8.70. The minimum absolute atomic E-state index is 0.195. The van der Waals surface area contributed by atoms with Crippen LogP contribution in [0.3, 0.4) is 0 Å². The van der Waals surface area contributed by atoms with Crippen LogP contribution in [0.25, 0.3) is 5.69 Å². The summed E-state index contributed by atoms with van der Waals surface area (Å²) in [5.41, 5.74) is 5.68. The van der Waals surface area contributed by atoms with Crippen molar-refractivity contribution in [1.82, 2.24) is 15.0 Å². The van der Waals surface area contributed by atoms with Gasteiger partial charge in [0.25, 0.3) is 0 Å². The van der Waals surface area contributed by atoms with Gasteiger partial charge < -0.3 is 5.73 Å². The average Bonchev–Trinajstić information content (AvgIpc) is 2.72. The molecule has 0 aliphatic carbocycles. The second-order valence-electron chi connectivity index (χ2n) is 3.41. The maximum absolute atomic E-state index is 13.4. The van der Waals surface area contributed by atoms with Crippen molar-refractivity contribution in [3.05, 3.63) is 41.5 Å². The van der Waals surface area contributed by atoms with E-state index in [2.05, 4.69) is 10.3 Å². The highest BCUT2D eigenvalue weighted by atomic mass is 19.2. The molecule has 0 atom stereocenters. The summed E-state index contributed by atoms with van der Waals surface area (Å²) >= 11 is 0. The van der Waals surface area contributed by atoms with Crippen LogP contribution in [0, 0.1) is 17.5 Å². The predicted molar refractivity (Wildman–Crippen MR) is 54.0 cm³/mol. The molecule has 17 heavy (non-hydrogen) atoms. The Morgan fingerprint density at radius 2 is 1.82 bits per heavy atom. The fraction of sp³-hybridized carbons (Fsp3) is 0.200. The van der Waals surface area contributed by atoms with Gasteiger partial charge in [-0.25, -0.2) is 17.9 Å². The molecule has 90 valence electrons. The van der Waals surface area contributed by atoms with Crippen molar-refractivity contribution in [3.8, 4) is 5.69 Å². The van der Waals surface area contributed by atoms with Gasteiger partial charge in [-0.15, -0.1) is 5.10 Å². The molecule has 0 unspecified atom stereocenters. The van der Waals surface area contributed by atoms with E-state index in [1.54, 1.807) is 0 Å². The fourth-order valence-electron chi connectivity index (χ4n) is 1.37. The van der Waals surface area contributed by atoms with E-state index in [0.717, 1.165) is 10.7 Å². The lowest BCUT2D eigenvalue weighted by Crippen LogP contribution is -2.03. The highest BCUT2D eigenvalue weighted by Crippen LogP contribution is 2.17. The third-order valence-corrected chi connectivity index (χ3v) is 2.18. The largest absolute Gasteiger partial charge is 0.330 e. The molecule has 0 saturated heterocycles. The summed E-state index contributed by atoms with van der Waals surface area (Å²) in [7, 11) is 0. The number of nitrogens with two attached hydrogens (primary N) is 1. The highest BCUT2D eigenvalue weighted by Gasteiger charge is 2.12. The quantitative estimate of drug-likeness (QED) is 0.822. The molecule has 1 aromatic heterocycles. The van der Waals surface area contributed by atoms with Gasteiger partial charge in [-0.05, 0) is 6.54 Å². The van der Waals surface area contributed by atoms with E-state index in [1.807, 2.05) is 0 Å². The van der Waals surface area contributed by atoms with E-state index in [4.69, 9.17) is 5.73 Å². The monoisotopic (exact) mass is 242 g/mol. The first-order valence-corrected chi connectivity index (χ1v) is 4.88. The summed E-state index contributed by atoms with van der Waals surface area (Å²) in [5.74, 6) is -3.29. The summed E-state index contributed by atoms with van der Waals surface area (Å²) in [6.45, 7) is 0.374. The van der Waals surface area contributed by atoms with E-state index in [9.17, 15) is 13.2 Å². The molecule has 0 radical (unpaired) electrons. The molecule has 4 nitrogen and oxygen atoms in total. The Kier molecular flexibility index (Phi) is 3.10. The summed E-state index contributed by atoms with van der Waals surface area (Å²) in [6.07, 6.45) is 1.90. The number of halogens is 3. The van der Waals surface area contributed by atoms with E-state index >= 15 is 0 Å². The number of aromatic nitrogens is 3. The van der Waals surface area contributed by atoms with Gasteiger partial charge in [-0.3, -0.25) is 0 Å². The zero-order valence-corrected chi connectivity index (χ0v) is 8.70. The molecule has 1 heterocycles. The van der Waals surface area contributed by atoms with Crippen molar-refractivity contribution in [2.45, 2.75) is 6.42 Å². The van der Waals surface area contributed by atoms with Crippen LogP contribution in [-0.4, -0.2) is 21.5 Å². The van der Waals surface area contributed by atoms with Gasteiger partial charge in [-0.1, -0.05) is 5.21 Å². The number of benzene rings is 1. The Bertz CT molecular complexity index is 538. The minimum Gasteiger partial charge on any atom is -0.330 e. The van der Waals surface area contributed by atoms with Crippen LogP contribution in [0.15, 0.2) is 18.3 Å². The average molecular weight is 242 g/mol. The van der Waals surface area contributed by atoms with Crippen molar-refractivity contribution in [1.29, 1.82) is 0 Å². The second kappa shape index (κ2) is 4.54. The minimum atomic E-state index is -1.24. The Morgan fingerprint density at radius 3 is 2.53 bits per heavy atom. The van der Waals surface area contributed by atoms with Gasteiger partial charge in [0, 0.05) is 18.6 Å². The second-order valence-corrected chi connectivity index (χ2v) is 3.41. The SMILES string of the molecule is NCCc1cn(-c2cc(F)c(F)cc2F)nn1. The molecule has 0 bridgehead atoms. The first-order chi connectivity index (χ1) is 8.11. The highest BCUT2D eigenvalue weighted by molar-refractivity contribution is 5.33. The maximum Gasteiger partial charge on any atom is 0.161 e. The maximum atomic E-state index is 13.4. The Balaban J connectivity index is 2.41. The predicted octanol–water partition coefficient (Wildman–Crippen LogP) is 1.19. The number of rotatable bonds is 3. The molecule has 7 heteroatoms. The van der Waals surface area contributed by atoms with E-state index < -0.39 is 17.5 Å². The van der Waals surface area contributed by atoms with Gasteiger partial charge in [0.2, 0.25) is 0 Å². The van der Waals surface area contributed by atoms with Crippen molar-refractivity contribution in [3.63, 3.8) is 0 Å². The first kappa shape index (κ1) is 11.6. The number of hydrogen-bond acceptors (Lipinski definition) is 3. The van der Waals surface area contributed by atoms with Crippen LogP contribution >= 0.6 is 0 Å². The van der Waals surface area contributed by atoms with Crippen LogP contribution in [0.4, 0.5) is 13.2 Å². The zero-order chi connectivity index (χ0) is 12.4. The van der Waals surface area contributed by atoms with Crippen LogP contribution in [0.5, 0.6) is 0 Å². The molecular weight excluding hydrogens is 233 g/mol. The molecule has 0 fully saturated rings. The van der Waals surface area contributed by atoms with Gasteiger partial charge in [0.05, 0.1) is 11.9 Å². The lowest BCUT2D eigenvalue weighted by Gasteiger charge is -2.02. The molecular formula is C10H9F3N4. The lowest BCUT2D eigenvalue weighted by molar-refractivity contribution is 0.491. The van der Waals surface area contributed by atoms with Gasteiger partial charge >= 0.3 is 0 Å². The Hall–Kier alpha value is -1.89. The normalized spacial score (nSPS) is 10.8. The molecule has 0 aliphatic rings. The molecule has 0 saturated carbocycles. The molecule has 2 aromatic rings. The van der Waals surface area contributed by atoms with E-state index in [0.29, 0.717) is 24.7 Å². The van der Waals surface area contributed by atoms with Crippen LogP contribution < -0.4 is 5.73 Å². The fourth-order valence-corrected chi connectivity index (χ4v) is 1.37. The Labute approximate surface area is 94.9 Å². The molecule has 0 spiro atoms. The van der Waals surface area contributed by atoms with Crippen molar-refractivity contribution < 1.29 is 13.2 Å². The smallest absolute Gasteiger partial charge is 0.161 e. The summed E-state index contributed by atoms with van der Waals surface area (Å²) in [4.78, 5) is 0. The topological polar surface area (TPSA) is 56.7 Å². The van der Waals surface area contributed by atoms with Gasteiger partial charge in [0.1, 0.15) is 5.69 Å². The summed E-state index contributed by atoms with van der Waals surface area (Å²) in [6, 6.07) is 1.19. The molecule has 0 aliphatic heterocycles. The number of hydrogen-bond donors (Lipinski definition) is 1. The van der Waals surface area contributed by atoms with E-state index in [-0.39, 0.29) is 5.69 Å². The standard InChI is InChI=1S/C10H9F3N4/c11-7-3-9(13)10(4-8(7)12)17-5-6(1-2-14)15-16-17/h3-5H,1-2,14H2. The molecule has 2 N–H and O–H groups in total. The molecule has 2 rings (SSSR count). The third-order valence-electron chi connectivity index (χ3n) is 2.18. The van der Waals surface area contributed by atoms with E-state index in [1.165, 1.54) is 6.20 Å². The van der Waals surface area contributed by atoms with Crippen LogP contribution in [0.2, 0.25) is 0 Å². The van der Waals surface area contributed by atoms with Crippen LogP contribution in [-0.2, 0) is 6.42 Å². The van der Waals surface area contributed by atoms with Gasteiger partial charge in [-0.2, -0.15) is 0 Å². The van der Waals surface area contributed by atoms with Crippen molar-refractivity contribution in [2.75, 3.05) is 6.54 Å². The summed E-state index contributed by atoms with van der Waals surface area (Å²) in [5, 5.41) is 7.34. The Morgan fingerprint density at radius 1 is 1.12 bits per heavy atom. The molecule has 1 aromatic carbocycles. The van der Waals surface area contributed by atoms with Crippen molar-refractivity contribution >= 4 is 0 Å². The van der Waals surface area contributed by atoms with Gasteiger partial charge in [0.15, 0.2) is 17.5 Å². The first-order valence-electron chi connectivity index (χ1n) is 4.88. The lowest BCUT2D eigenvalue weighted by atomic mass is 10.3. The number of nitrogens with zero attached hydrogens (tertiary/aromatic N) is 3. The molecule has 0 amide bonds. The third kappa shape index (κ3) is 2.28. The van der Waals surface area contributed by atoms with Crippen molar-refractivity contribution in [2.24, 2.45) is 5.73 Å². The summed E-state index contributed by atoms with van der Waals surface area (Å²) < 4.78 is 40.1. The van der Waals surface area contributed by atoms with Crippen LogP contribution in [0.1, 0.15) is 5.69 Å².